The molecule has 4 nitrogen and oxygen atoms in total. The molecule has 3 aromatic rings. The maximum absolute atomic E-state index is 6.10. The van der Waals surface area contributed by atoms with Crippen molar-refractivity contribution in [1.29, 1.82) is 0 Å². The summed E-state index contributed by atoms with van der Waals surface area (Å²) in [5.74, 6) is 0.713. The van der Waals surface area contributed by atoms with Gasteiger partial charge in [-0.2, -0.15) is 4.98 Å². The van der Waals surface area contributed by atoms with Crippen LogP contribution in [0.25, 0.3) is 22.8 Å². The van der Waals surface area contributed by atoms with Crippen LogP contribution in [-0.4, -0.2) is 10.1 Å². The highest BCUT2D eigenvalue weighted by Gasteiger charge is 2.15. The van der Waals surface area contributed by atoms with Crippen molar-refractivity contribution in [3.63, 3.8) is 0 Å². The second kappa shape index (κ2) is 5.15. The molecule has 1 heterocycles. The van der Waals surface area contributed by atoms with Gasteiger partial charge in [-0.25, -0.2) is 0 Å². The van der Waals surface area contributed by atoms with Gasteiger partial charge < -0.3 is 10.3 Å². The van der Waals surface area contributed by atoms with Gasteiger partial charge in [0.05, 0.1) is 21.3 Å². The fraction of sp³-hybridized carbons (Fsp3) is 0. The minimum absolute atomic E-state index is 0.305. The largest absolute Gasteiger partial charge is 0.397 e. The zero-order chi connectivity index (χ0) is 14.1. The summed E-state index contributed by atoms with van der Waals surface area (Å²) in [7, 11) is 0. The van der Waals surface area contributed by atoms with Gasteiger partial charge in [-0.3, -0.25) is 0 Å². The van der Waals surface area contributed by atoms with Crippen molar-refractivity contribution in [3.8, 4) is 22.8 Å². The molecule has 0 unspecified atom stereocenters. The molecule has 100 valence electrons. The molecule has 0 fully saturated rings. The van der Waals surface area contributed by atoms with Crippen LogP contribution in [0, 0.1) is 0 Å². The number of hydrogen-bond acceptors (Lipinski definition) is 4. The smallest absolute Gasteiger partial charge is 0.260 e. The van der Waals surface area contributed by atoms with E-state index in [2.05, 4.69) is 10.1 Å². The van der Waals surface area contributed by atoms with Crippen molar-refractivity contribution in [2.75, 3.05) is 5.73 Å². The summed E-state index contributed by atoms with van der Waals surface area (Å²) < 4.78 is 5.24. The first-order valence-electron chi connectivity index (χ1n) is 5.80. The molecular formula is C14H9Cl2N3O. The molecule has 6 heteroatoms. The van der Waals surface area contributed by atoms with Crippen LogP contribution in [-0.2, 0) is 0 Å². The van der Waals surface area contributed by atoms with Gasteiger partial charge in [0, 0.05) is 5.56 Å². The van der Waals surface area contributed by atoms with Crippen LogP contribution in [0.2, 0.25) is 10.0 Å². The lowest BCUT2D eigenvalue weighted by atomic mass is 10.2. The first kappa shape index (κ1) is 13.0. The second-order valence-corrected chi connectivity index (χ2v) is 4.92. The number of para-hydroxylation sites is 1. The van der Waals surface area contributed by atoms with Gasteiger partial charge in [0.2, 0.25) is 5.82 Å². The van der Waals surface area contributed by atoms with Crippen LogP contribution in [0.15, 0.2) is 47.0 Å². The van der Waals surface area contributed by atoms with E-state index in [1.165, 1.54) is 0 Å². The summed E-state index contributed by atoms with van der Waals surface area (Å²) in [6.45, 7) is 0. The summed E-state index contributed by atoms with van der Waals surface area (Å²) >= 11 is 12.1. The fourth-order valence-electron chi connectivity index (χ4n) is 1.81. The minimum atomic E-state index is 0.305. The lowest BCUT2D eigenvalue weighted by Crippen LogP contribution is -1.91. The average Bonchev–Trinajstić information content (AvgIpc) is 2.92. The van der Waals surface area contributed by atoms with Crippen molar-refractivity contribution < 1.29 is 4.52 Å². The normalized spacial score (nSPS) is 10.7. The number of nitrogen functional groups attached to an aromatic ring is 1. The maximum atomic E-state index is 6.10. The standard InChI is InChI=1S/C14H9Cl2N3O/c15-10-6-2-1-4-8(10)13-18-14(20-19-13)9-5-3-7-11(16)12(9)17/h1-7H,17H2. The Morgan fingerprint density at radius 2 is 1.60 bits per heavy atom. The molecule has 0 saturated heterocycles. The Hall–Kier alpha value is -2.04. The molecule has 0 aliphatic carbocycles. The molecule has 0 aliphatic heterocycles. The van der Waals surface area contributed by atoms with E-state index in [4.69, 9.17) is 33.5 Å². The van der Waals surface area contributed by atoms with Crippen molar-refractivity contribution in [2.24, 2.45) is 0 Å². The highest BCUT2D eigenvalue weighted by Crippen LogP contribution is 2.32. The summed E-state index contributed by atoms with van der Waals surface area (Å²) in [6, 6.07) is 12.5. The summed E-state index contributed by atoms with van der Waals surface area (Å²) in [5, 5.41) is 4.92. The number of benzene rings is 2. The van der Waals surface area contributed by atoms with E-state index in [1.807, 2.05) is 18.2 Å². The Morgan fingerprint density at radius 1 is 0.900 bits per heavy atom. The van der Waals surface area contributed by atoms with Crippen LogP contribution < -0.4 is 5.73 Å². The SMILES string of the molecule is Nc1c(Cl)cccc1-c1nc(-c2ccccc2Cl)no1. The van der Waals surface area contributed by atoms with Gasteiger partial charge >= 0.3 is 0 Å². The molecule has 0 atom stereocenters. The van der Waals surface area contributed by atoms with Crippen LogP contribution in [0.3, 0.4) is 0 Å². The van der Waals surface area contributed by atoms with E-state index < -0.39 is 0 Å². The number of aromatic nitrogens is 2. The minimum Gasteiger partial charge on any atom is -0.397 e. The summed E-state index contributed by atoms with van der Waals surface area (Å²) in [4.78, 5) is 4.31. The first-order chi connectivity index (χ1) is 9.66. The van der Waals surface area contributed by atoms with E-state index in [9.17, 15) is 0 Å². The van der Waals surface area contributed by atoms with Crippen molar-refractivity contribution in [1.82, 2.24) is 10.1 Å². The molecular weight excluding hydrogens is 297 g/mol. The highest BCUT2D eigenvalue weighted by atomic mass is 35.5. The molecule has 0 radical (unpaired) electrons. The van der Waals surface area contributed by atoms with Crippen LogP contribution in [0.4, 0.5) is 5.69 Å². The molecule has 2 aromatic carbocycles. The number of rotatable bonds is 2. The summed E-state index contributed by atoms with van der Waals surface area (Å²) in [6.07, 6.45) is 0. The topological polar surface area (TPSA) is 64.9 Å². The molecule has 0 amide bonds. The van der Waals surface area contributed by atoms with Crippen molar-refractivity contribution in [3.05, 3.63) is 52.5 Å². The van der Waals surface area contributed by atoms with Crippen molar-refractivity contribution >= 4 is 28.9 Å². The number of hydrogen-bond donors (Lipinski definition) is 1. The number of anilines is 1. The average molecular weight is 306 g/mol. The van der Waals surface area contributed by atoms with Gasteiger partial charge in [0.15, 0.2) is 0 Å². The maximum Gasteiger partial charge on any atom is 0.260 e. The lowest BCUT2D eigenvalue weighted by Gasteiger charge is -2.01. The molecule has 0 spiro atoms. The third-order valence-corrected chi connectivity index (χ3v) is 3.48. The van der Waals surface area contributed by atoms with Crippen molar-refractivity contribution in [2.45, 2.75) is 0 Å². The zero-order valence-corrected chi connectivity index (χ0v) is 11.7. The molecule has 20 heavy (non-hydrogen) atoms. The number of nitrogens with two attached hydrogens (primary N) is 1. The third-order valence-electron chi connectivity index (χ3n) is 2.82. The van der Waals surface area contributed by atoms with E-state index in [-0.39, 0.29) is 0 Å². The zero-order valence-electron chi connectivity index (χ0n) is 10.2. The molecule has 0 aliphatic rings. The Kier molecular flexibility index (Phi) is 3.34. The van der Waals surface area contributed by atoms with Crippen LogP contribution in [0.1, 0.15) is 0 Å². The molecule has 1 aromatic heterocycles. The molecule has 2 N–H and O–H groups in total. The van der Waals surface area contributed by atoms with Gasteiger partial charge in [0.1, 0.15) is 0 Å². The molecule has 0 bridgehead atoms. The predicted molar refractivity (Wildman–Crippen MR) is 79.6 cm³/mol. The number of nitrogens with zero attached hydrogens (tertiary/aromatic N) is 2. The lowest BCUT2D eigenvalue weighted by molar-refractivity contribution is 0.432. The first-order valence-corrected chi connectivity index (χ1v) is 6.55. The van der Waals surface area contributed by atoms with E-state index in [0.717, 1.165) is 0 Å². The Bertz CT molecular complexity index is 771. The number of halogens is 2. The quantitative estimate of drug-likeness (QED) is 0.717. The van der Waals surface area contributed by atoms with Crippen LogP contribution >= 0.6 is 23.2 Å². The Morgan fingerprint density at radius 3 is 2.40 bits per heavy atom. The molecule has 0 saturated carbocycles. The Labute approximate surface area is 125 Å². The van der Waals surface area contributed by atoms with E-state index in [1.54, 1.807) is 24.3 Å². The third kappa shape index (κ3) is 2.24. The van der Waals surface area contributed by atoms with Gasteiger partial charge in [-0.05, 0) is 24.3 Å². The van der Waals surface area contributed by atoms with Gasteiger partial charge in [0.25, 0.3) is 5.89 Å². The summed E-state index contributed by atoms with van der Waals surface area (Å²) in [5.41, 5.74) is 7.61. The second-order valence-electron chi connectivity index (χ2n) is 4.10. The van der Waals surface area contributed by atoms with Crippen LogP contribution in [0.5, 0.6) is 0 Å². The fourth-order valence-corrected chi connectivity index (χ4v) is 2.20. The monoisotopic (exact) mass is 305 g/mol. The molecule has 3 rings (SSSR count). The highest BCUT2D eigenvalue weighted by molar-refractivity contribution is 6.34. The predicted octanol–water partition coefficient (Wildman–Crippen LogP) is 4.29. The van der Waals surface area contributed by atoms with Gasteiger partial charge in [-0.1, -0.05) is 46.6 Å². The van der Waals surface area contributed by atoms with E-state index >= 15 is 0 Å². The van der Waals surface area contributed by atoms with Gasteiger partial charge in [-0.15, -0.1) is 0 Å². The Balaban J connectivity index is 2.07. The van der Waals surface area contributed by atoms with E-state index in [0.29, 0.717) is 38.6 Å².